The van der Waals surface area contributed by atoms with E-state index in [0.29, 0.717) is 5.69 Å². The van der Waals surface area contributed by atoms with Gasteiger partial charge in [0.2, 0.25) is 5.91 Å². The van der Waals surface area contributed by atoms with E-state index in [1.54, 1.807) is 6.07 Å². The molecule has 0 saturated carbocycles. The van der Waals surface area contributed by atoms with Gasteiger partial charge in [0.15, 0.2) is 0 Å². The van der Waals surface area contributed by atoms with E-state index in [4.69, 9.17) is 4.74 Å². The smallest absolute Gasteiger partial charge is 0.272 e. The molecule has 0 aliphatic heterocycles. The zero-order valence-corrected chi connectivity index (χ0v) is 14.9. The first-order valence-electron chi connectivity index (χ1n) is 8.47. The van der Waals surface area contributed by atoms with Gasteiger partial charge in [0.1, 0.15) is 18.1 Å². The van der Waals surface area contributed by atoms with Crippen molar-refractivity contribution in [1.29, 1.82) is 0 Å². The van der Waals surface area contributed by atoms with Crippen molar-refractivity contribution in [3.63, 3.8) is 0 Å². The van der Waals surface area contributed by atoms with Gasteiger partial charge in [-0.15, -0.1) is 0 Å². The highest BCUT2D eigenvalue weighted by Crippen LogP contribution is 2.13. The number of amides is 2. The average Bonchev–Trinajstić information content (AvgIpc) is 3.16. The lowest BCUT2D eigenvalue weighted by Crippen LogP contribution is -2.33. The Morgan fingerprint density at radius 1 is 1.07 bits per heavy atom. The fraction of sp³-hybridized carbons (Fsp3) is 0.150. The molecule has 1 aromatic heterocycles. The van der Waals surface area contributed by atoms with Gasteiger partial charge in [-0.25, -0.2) is 0 Å². The number of hydrogen-bond donors (Lipinski definition) is 3. The van der Waals surface area contributed by atoms with Gasteiger partial charge in [0.25, 0.3) is 5.91 Å². The first kappa shape index (κ1) is 18.2. The third-order valence-electron chi connectivity index (χ3n) is 3.83. The molecule has 0 saturated heterocycles. The fourth-order valence-electron chi connectivity index (χ4n) is 2.39. The Morgan fingerprint density at radius 2 is 1.81 bits per heavy atom. The minimum atomic E-state index is -0.433. The lowest BCUT2D eigenvalue weighted by atomic mass is 10.2. The summed E-state index contributed by atoms with van der Waals surface area (Å²) < 4.78 is 5.59. The summed E-state index contributed by atoms with van der Waals surface area (Å²) in [6.45, 7) is 2.02. The van der Waals surface area contributed by atoms with Crippen LogP contribution in [0.5, 0.6) is 5.75 Å². The number of rotatable bonds is 7. The van der Waals surface area contributed by atoms with Gasteiger partial charge in [-0.05, 0) is 36.8 Å². The number of para-hydroxylation sites is 2. The van der Waals surface area contributed by atoms with Crippen LogP contribution in [0.3, 0.4) is 0 Å². The molecule has 7 nitrogen and oxygen atoms in total. The van der Waals surface area contributed by atoms with Crippen LogP contribution in [0.25, 0.3) is 0 Å². The first-order chi connectivity index (χ1) is 13.1. The van der Waals surface area contributed by atoms with E-state index < -0.39 is 5.91 Å². The summed E-state index contributed by atoms with van der Waals surface area (Å²) >= 11 is 0. The summed E-state index contributed by atoms with van der Waals surface area (Å²) in [7, 11) is 0. The lowest BCUT2D eigenvalue weighted by Gasteiger charge is -2.08. The van der Waals surface area contributed by atoms with Crippen LogP contribution in [0.2, 0.25) is 0 Å². The van der Waals surface area contributed by atoms with Crippen molar-refractivity contribution in [3.05, 3.63) is 77.6 Å². The maximum atomic E-state index is 12.1. The maximum Gasteiger partial charge on any atom is 0.272 e. The predicted octanol–water partition coefficient (Wildman–Crippen LogP) is 2.67. The quantitative estimate of drug-likeness (QED) is 0.600. The van der Waals surface area contributed by atoms with Gasteiger partial charge in [0, 0.05) is 5.69 Å². The molecule has 1 heterocycles. The van der Waals surface area contributed by atoms with Crippen LogP contribution >= 0.6 is 0 Å². The minimum absolute atomic E-state index is 0.143. The molecular weight excluding hydrogens is 344 g/mol. The van der Waals surface area contributed by atoms with Crippen LogP contribution in [0, 0.1) is 6.92 Å². The maximum absolute atomic E-state index is 12.1. The van der Waals surface area contributed by atoms with Crippen molar-refractivity contribution >= 4 is 17.5 Å². The Balaban J connectivity index is 1.47. The van der Waals surface area contributed by atoms with E-state index in [-0.39, 0.29) is 24.8 Å². The zero-order chi connectivity index (χ0) is 19.1. The number of ether oxygens (including phenoxy) is 1. The molecule has 3 aromatic rings. The van der Waals surface area contributed by atoms with E-state index in [9.17, 15) is 9.59 Å². The third-order valence-corrected chi connectivity index (χ3v) is 3.83. The SMILES string of the molecule is Cc1ccccc1NC(=O)CNC(=O)c1cc(COc2ccccc2)[nH]n1. The van der Waals surface area contributed by atoms with Crippen molar-refractivity contribution in [1.82, 2.24) is 15.5 Å². The van der Waals surface area contributed by atoms with Crippen LogP contribution in [-0.4, -0.2) is 28.6 Å². The zero-order valence-electron chi connectivity index (χ0n) is 14.9. The summed E-state index contributed by atoms with van der Waals surface area (Å²) in [5.74, 6) is -0.0102. The van der Waals surface area contributed by atoms with Gasteiger partial charge in [0.05, 0.1) is 12.2 Å². The molecule has 0 spiro atoms. The Morgan fingerprint density at radius 3 is 2.59 bits per heavy atom. The van der Waals surface area contributed by atoms with Crippen molar-refractivity contribution in [3.8, 4) is 5.75 Å². The number of aromatic amines is 1. The number of nitrogens with one attached hydrogen (secondary N) is 3. The number of carbonyl (C=O) groups is 2. The number of hydrogen-bond acceptors (Lipinski definition) is 4. The van der Waals surface area contributed by atoms with Gasteiger partial charge in [-0.1, -0.05) is 36.4 Å². The largest absolute Gasteiger partial charge is 0.487 e. The number of carbonyl (C=O) groups excluding carboxylic acids is 2. The molecule has 27 heavy (non-hydrogen) atoms. The molecular formula is C20H20N4O3. The highest BCUT2D eigenvalue weighted by molar-refractivity contribution is 5.98. The molecule has 3 rings (SSSR count). The summed E-state index contributed by atoms with van der Waals surface area (Å²) in [6, 6.07) is 18.4. The van der Waals surface area contributed by atoms with E-state index in [2.05, 4.69) is 20.8 Å². The van der Waals surface area contributed by atoms with Crippen LogP contribution in [-0.2, 0) is 11.4 Å². The molecule has 7 heteroatoms. The topological polar surface area (TPSA) is 96.1 Å². The van der Waals surface area contributed by atoms with E-state index in [1.807, 2.05) is 61.5 Å². The Labute approximate surface area is 156 Å². The number of benzene rings is 2. The van der Waals surface area contributed by atoms with Gasteiger partial charge in [-0.3, -0.25) is 14.7 Å². The van der Waals surface area contributed by atoms with Crippen molar-refractivity contribution in [2.45, 2.75) is 13.5 Å². The van der Waals surface area contributed by atoms with Gasteiger partial charge >= 0.3 is 0 Å². The molecule has 2 aromatic carbocycles. The fourth-order valence-corrected chi connectivity index (χ4v) is 2.39. The Hall–Kier alpha value is -3.61. The summed E-state index contributed by atoms with van der Waals surface area (Å²) in [4.78, 5) is 24.1. The molecule has 0 atom stereocenters. The van der Waals surface area contributed by atoms with Crippen LogP contribution in [0.4, 0.5) is 5.69 Å². The van der Waals surface area contributed by atoms with Gasteiger partial charge < -0.3 is 15.4 Å². The van der Waals surface area contributed by atoms with Crippen LogP contribution < -0.4 is 15.4 Å². The minimum Gasteiger partial charge on any atom is -0.487 e. The number of anilines is 1. The molecule has 0 radical (unpaired) electrons. The number of nitrogens with zero attached hydrogens (tertiary/aromatic N) is 1. The monoisotopic (exact) mass is 364 g/mol. The second kappa shape index (κ2) is 8.66. The van der Waals surface area contributed by atoms with E-state index >= 15 is 0 Å². The van der Waals surface area contributed by atoms with Crippen molar-refractivity contribution in [2.75, 3.05) is 11.9 Å². The molecule has 2 amide bonds. The van der Waals surface area contributed by atoms with Gasteiger partial charge in [-0.2, -0.15) is 5.10 Å². The van der Waals surface area contributed by atoms with E-state index in [0.717, 1.165) is 17.0 Å². The standard InChI is InChI=1S/C20H20N4O3/c1-14-7-5-6-10-17(14)22-19(25)12-21-20(26)18-11-15(23-24-18)13-27-16-8-3-2-4-9-16/h2-11H,12-13H2,1H3,(H,21,26)(H,22,25)(H,23,24). The summed E-state index contributed by atoms with van der Waals surface area (Å²) in [5.41, 5.74) is 2.53. The molecule has 3 N–H and O–H groups in total. The van der Waals surface area contributed by atoms with E-state index in [1.165, 1.54) is 0 Å². The molecule has 0 aliphatic carbocycles. The second-order valence-corrected chi connectivity index (χ2v) is 5.93. The predicted molar refractivity (Wildman–Crippen MR) is 102 cm³/mol. The lowest BCUT2D eigenvalue weighted by molar-refractivity contribution is -0.115. The number of aromatic nitrogens is 2. The Kier molecular flexibility index (Phi) is 5.84. The molecule has 0 aliphatic rings. The molecule has 0 fully saturated rings. The highest BCUT2D eigenvalue weighted by Gasteiger charge is 2.12. The van der Waals surface area contributed by atoms with Crippen molar-refractivity contribution < 1.29 is 14.3 Å². The molecule has 138 valence electrons. The summed E-state index contributed by atoms with van der Waals surface area (Å²) in [6.07, 6.45) is 0. The highest BCUT2D eigenvalue weighted by atomic mass is 16.5. The Bertz CT molecular complexity index is 922. The summed E-state index contributed by atoms with van der Waals surface area (Å²) in [5, 5.41) is 12.0. The molecule has 0 bridgehead atoms. The van der Waals surface area contributed by atoms with Crippen LogP contribution in [0.1, 0.15) is 21.7 Å². The normalized spacial score (nSPS) is 10.3. The van der Waals surface area contributed by atoms with Crippen LogP contribution in [0.15, 0.2) is 60.7 Å². The number of H-pyrrole nitrogens is 1. The third kappa shape index (κ3) is 5.18. The average molecular weight is 364 g/mol. The second-order valence-electron chi connectivity index (χ2n) is 5.93. The number of aryl methyl sites for hydroxylation is 1. The molecule has 0 unspecified atom stereocenters. The first-order valence-corrected chi connectivity index (χ1v) is 8.47. The van der Waals surface area contributed by atoms with Crippen molar-refractivity contribution in [2.24, 2.45) is 0 Å².